The number of aryl methyl sites for hydroxylation is 1. The molecule has 94 valence electrons. The minimum atomic E-state index is -0.598. The Hall–Kier alpha value is -2.44. The average molecular weight is 249 g/mol. The van der Waals surface area contributed by atoms with Gasteiger partial charge in [0.05, 0.1) is 34.7 Å². The van der Waals surface area contributed by atoms with E-state index in [2.05, 4.69) is 9.84 Å². The molecule has 0 aliphatic carbocycles. The monoisotopic (exact) mass is 249 g/mol. The van der Waals surface area contributed by atoms with Gasteiger partial charge in [-0.2, -0.15) is 5.10 Å². The highest BCUT2D eigenvalue weighted by Gasteiger charge is 2.24. The minimum Gasteiger partial charge on any atom is -0.465 e. The van der Waals surface area contributed by atoms with E-state index in [0.717, 1.165) is 0 Å². The lowest BCUT2D eigenvalue weighted by molar-refractivity contribution is -0.383. The van der Waals surface area contributed by atoms with Crippen molar-refractivity contribution in [1.29, 1.82) is 0 Å². The number of aromatic nitrogens is 2. The molecule has 0 bridgehead atoms. The van der Waals surface area contributed by atoms with Crippen molar-refractivity contribution in [1.82, 2.24) is 9.78 Å². The fraction of sp³-hybridized carbons (Fsp3) is 0.273. The standard InChI is InChI=1S/C11H11N3O4/c1-6-7(11(15)18-3)4-9-8(5-12-13(9)2)10(6)14(16)17/h4-5H,1-3H3. The zero-order chi connectivity index (χ0) is 13.4. The number of rotatable bonds is 2. The van der Waals surface area contributed by atoms with Crippen molar-refractivity contribution in [3.05, 3.63) is 33.5 Å². The second-order valence-electron chi connectivity index (χ2n) is 3.85. The summed E-state index contributed by atoms with van der Waals surface area (Å²) in [6.45, 7) is 1.52. The molecule has 0 spiro atoms. The zero-order valence-electron chi connectivity index (χ0n) is 10.1. The number of esters is 1. The van der Waals surface area contributed by atoms with Gasteiger partial charge in [0.1, 0.15) is 0 Å². The summed E-state index contributed by atoms with van der Waals surface area (Å²) in [6.07, 6.45) is 1.42. The van der Waals surface area contributed by atoms with E-state index < -0.39 is 10.9 Å². The van der Waals surface area contributed by atoms with Crippen LogP contribution in [0.25, 0.3) is 10.9 Å². The molecule has 1 aromatic heterocycles. The van der Waals surface area contributed by atoms with Crippen LogP contribution in [0.4, 0.5) is 5.69 Å². The Labute approximate surface area is 102 Å². The Morgan fingerprint density at radius 3 is 2.78 bits per heavy atom. The summed E-state index contributed by atoms with van der Waals surface area (Å²) < 4.78 is 6.11. The van der Waals surface area contributed by atoms with Crippen LogP contribution in [-0.4, -0.2) is 27.8 Å². The quantitative estimate of drug-likeness (QED) is 0.458. The topological polar surface area (TPSA) is 87.3 Å². The SMILES string of the molecule is COC(=O)c1cc2c(cnn2C)c([N+](=O)[O-])c1C. The number of nitro groups is 1. The third-order valence-electron chi connectivity index (χ3n) is 2.87. The maximum absolute atomic E-state index is 11.6. The van der Waals surface area contributed by atoms with Crippen molar-refractivity contribution in [2.75, 3.05) is 7.11 Å². The molecule has 0 unspecified atom stereocenters. The van der Waals surface area contributed by atoms with E-state index in [-0.39, 0.29) is 16.8 Å². The first-order chi connectivity index (χ1) is 8.47. The van der Waals surface area contributed by atoms with Gasteiger partial charge in [0.15, 0.2) is 0 Å². The number of hydrogen-bond donors (Lipinski definition) is 0. The number of methoxy groups -OCH3 is 1. The Morgan fingerprint density at radius 1 is 1.56 bits per heavy atom. The highest BCUT2D eigenvalue weighted by Crippen LogP contribution is 2.31. The van der Waals surface area contributed by atoms with Crippen molar-refractivity contribution in [2.45, 2.75) is 6.92 Å². The first-order valence-electron chi connectivity index (χ1n) is 5.15. The molecule has 0 atom stereocenters. The number of nitrogens with zero attached hydrogens (tertiary/aromatic N) is 3. The number of fused-ring (bicyclic) bond motifs is 1. The molecule has 1 heterocycles. The average Bonchev–Trinajstić information content (AvgIpc) is 2.68. The van der Waals surface area contributed by atoms with Gasteiger partial charge in [-0.25, -0.2) is 4.79 Å². The summed E-state index contributed by atoms with van der Waals surface area (Å²) in [4.78, 5) is 22.2. The lowest BCUT2D eigenvalue weighted by Crippen LogP contribution is -2.07. The molecule has 7 nitrogen and oxygen atoms in total. The normalized spacial score (nSPS) is 10.6. The maximum Gasteiger partial charge on any atom is 0.338 e. The van der Waals surface area contributed by atoms with E-state index in [9.17, 15) is 14.9 Å². The van der Waals surface area contributed by atoms with Crippen molar-refractivity contribution >= 4 is 22.6 Å². The lowest BCUT2D eigenvalue weighted by Gasteiger charge is -2.06. The summed E-state index contributed by atoms with van der Waals surface area (Å²) >= 11 is 0. The number of benzene rings is 1. The number of hydrogen-bond acceptors (Lipinski definition) is 5. The second kappa shape index (κ2) is 4.10. The molecular formula is C11H11N3O4. The van der Waals surface area contributed by atoms with Crippen LogP contribution in [0.15, 0.2) is 12.3 Å². The van der Waals surface area contributed by atoms with Crippen LogP contribution < -0.4 is 0 Å². The van der Waals surface area contributed by atoms with Gasteiger partial charge in [-0.05, 0) is 13.0 Å². The second-order valence-corrected chi connectivity index (χ2v) is 3.85. The smallest absolute Gasteiger partial charge is 0.338 e. The summed E-state index contributed by atoms with van der Waals surface area (Å²) in [6, 6.07) is 1.55. The van der Waals surface area contributed by atoms with Crippen LogP contribution in [0.1, 0.15) is 15.9 Å². The lowest BCUT2D eigenvalue weighted by atomic mass is 10.0. The molecule has 0 radical (unpaired) electrons. The fourth-order valence-corrected chi connectivity index (χ4v) is 1.93. The van der Waals surface area contributed by atoms with E-state index in [4.69, 9.17) is 0 Å². The van der Waals surface area contributed by atoms with Crippen molar-refractivity contribution < 1.29 is 14.5 Å². The van der Waals surface area contributed by atoms with E-state index in [0.29, 0.717) is 10.9 Å². The molecule has 0 saturated carbocycles. The van der Waals surface area contributed by atoms with Crippen LogP contribution in [0, 0.1) is 17.0 Å². The number of ether oxygens (including phenoxy) is 1. The Morgan fingerprint density at radius 2 is 2.22 bits per heavy atom. The number of carbonyl (C=O) groups excluding carboxylic acids is 1. The Kier molecular flexibility index (Phi) is 2.74. The van der Waals surface area contributed by atoms with Crippen LogP contribution in [-0.2, 0) is 11.8 Å². The van der Waals surface area contributed by atoms with Gasteiger partial charge < -0.3 is 4.74 Å². The molecule has 0 amide bonds. The minimum absolute atomic E-state index is 0.110. The highest BCUT2D eigenvalue weighted by atomic mass is 16.6. The first kappa shape index (κ1) is 12.0. The summed E-state index contributed by atoms with van der Waals surface area (Å²) in [5.41, 5.74) is 0.876. The molecule has 7 heteroatoms. The van der Waals surface area contributed by atoms with Crippen molar-refractivity contribution in [3.8, 4) is 0 Å². The third-order valence-corrected chi connectivity index (χ3v) is 2.87. The molecule has 2 aromatic rings. The zero-order valence-corrected chi connectivity index (χ0v) is 10.1. The first-order valence-corrected chi connectivity index (χ1v) is 5.15. The van der Waals surface area contributed by atoms with E-state index in [1.165, 1.54) is 24.9 Å². The molecule has 2 rings (SSSR count). The number of carbonyl (C=O) groups is 1. The molecule has 0 N–H and O–H groups in total. The van der Waals surface area contributed by atoms with Crippen LogP contribution in [0.5, 0.6) is 0 Å². The Bertz CT molecular complexity index is 660. The van der Waals surface area contributed by atoms with E-state index in [1.54, 1.807) is 13.1 Å². The van der Waals surface area contributed by atoms with Crippen LogP contribution >= 0.6 is 0 Å². The van der Waals surface area contributed by atoms with Gasteiger partial charge in [-0.1, -0.05) is 0 Å². The largest absolute Gasteiger partial charge is 0.465 e. The van der Waals surface area contributed by atoms with Gasteiger partial charge in [0.25, 0.3) is 5.69 Å². The van der Waals surface area contributed by atoms with E-state index >= 15 is 0 Å². The fourth-order valence-electron chi connectivity index (χ4n) is 1.93. The van der Waals surface area contributed by atoms with Gasteiger partial charge in [-0.3, -0.25) is 14.8 Å². The summed E-state index contributed by atoms with van der Waals surface area (Å²) in [7, 11) is 2.89. The molecule has 0 saturated heterocycles. The predicted molar refractivity (Wildman–Crippen MR) is 63.4 cm³/mol. The van der Waals surface area contributed by atoms with Crippen molar-refractivity contribution in [3.63, 3.8) is 0 Å². The number of nitro benzene ring substituents is 1. The molecular weight excluding hydrogens is 238 g/mol. The molecule has 1 aromatic carbocycles. The van der Waals surface area contributed by atoms with Crippen LogP contribution in [0.3, 0.4) is 0 Å². The summed E-state index contributed by atoms with van der Waals surface area (Å²) in [5, 5.41) is 15.5. The Balaban J connectivity index is 2.90. The molecule has 0 fully saturated rings. The molecule has 18 heavy (non-hydrogen) atoms. The van der Waals surface area contributed by atoms with E-state index in [1.807, 2.05) is 0 Å². The highest BCUT2D eigenvalue weighted by molar-refractivity contribution is 6.00. The van der Waals surface area contributed by atoms with Gasteiger partial charge in [-0.15, -0.1) is 0 Å². The van der Waals surface area contributed by atoms with Gasteiger partial charge >= 0.3 is 5.97 Å². The molecule has 0 aliphatic rings. The van der Waals surface area contributed by atoms with Gasteiger partial charge in [0, 0.05) is 12.6 Å². The van der Waals surface area contributed by atoms with Crippen LogP contribution in [0.2, 0.25) is 0 Å². The third kappa shape index (κ3) is 1.60. The maximum atomic E-state index is 11.6. The predicted octanol–water partition coefficient (Wildman–Crippen LogP) is 1.58. The van der Waals surface area contributed by atoms with Crippen molar-refractivity contribution in [2.24, 2.45) is 7.05 Å². The van der Waals surface area contributed by atoms with Gasteiger partial charge in [0.2, 0.25) is 0 Å². The molecule has 0 aliphatic heterocycles. The summed E-state index contributed by atoms with van der Waals surface area (Å²) in [5.74, 6) is -0.598.